The fourth-order valence-corrected chi connectivity index (χ4v) is 3.86. The van der Waals surface area contributed by atoms with Crippen LogP contribution in [0, 0.1) is 5.92 Å². The standard InChI is InChI=1S/C22H30N2O5/c1-2-3-13-28-21(26)23-11-9-18(10-12-23)15-20(25)24-19(16-29-22(24)27)14-17-7-5-4-6-8-17/h4-8,18-19H,2-3,9-16H2,1H3/t19-/m0/s1. The van der Waals surface area contributed by atoms with Crippen LogP contribution in [0.4, 0.5) is 9.59 Å². The minimum Gasteiger partial charge on any atom is -0.449 e. The molecular formula is C22H30N2O5. The van der Waals surface area contributed by atoms with E-state index in [9.17, 15) is 14.4 Å². The third-order valence-corrected chi connectivity index (χ3v) is 5.60. The van der Waals surface area contributed by atoms with Crippen LogP contribution in [0.25, 0.3) is 0 Å². The van der Waals surface area contributed by atoms with Gasteiger partial charge in [-0.1, -0.05) is 43.7 Å². The number of nitrogens with zero attached hydrogens (tertiary/aromatic N) is 2. The Hall–Kier alpha value is -2.57. The SMILES string of the molecule is CCCCOC(=O)N1CCC(CC(=O)N2C(=O)OC[C@@H]2Cc2ccccc2)CC1. The summed E-state index contributed by atoms with van der Waals surface area (Å²) >= 11 is 0. The maximum Gasteiger partial charge on any atom is 0.416 e. The molecule has 2 heterocycles. The summed E-state index contributed by atoms with van der Waals surface area (Å²) in [5, 5.41) is 0. The van der Waals surface area contributed by atoms with Crippen LogP contribution in [0.1, 0.15) is 44.6 Å². The van der Waals surface area contributed by atoms with Crippen LogP contribution in [0.2, 0.25) is 0 Å². The predicted octanol–water partition coefficient (Wildman–Crippen LogP) is 3.62. The summed E-state index contributed by atoms with van der Waals surface area (Å²) in [5.74, 6) is -0.0228. The molecule has 2 fully saturated rings. The molecule has 158 valence electrons. The van der Waals surface area contributed by atoms with Crippen molar-refractivity contribution in [3.05, 3.63) is 35.9 Å². The van der Waals surface area contributed by atoms with Crippen molar-refractivity contribution >= 4 is 18.1 Å². The Labute approximate surface area is 171 Å². The number of amides is 3. The summed E-state index contributed by atoms with van der Waals surface area (Å²) in [7, 11) is 0. The first-order valence-corrected chi connectivity index (χ1v) is 10.5. The van der Waals surface area contributed by atoms with Gasteiger partial charge in [0.1, 0.15) is 6.61 Å². The van der Waals surface area contributed by atoms with Crippen molar-refractivity contribution in [1.29, 1.82) is 0 Å². The zero-order valence-corrected chi connectivity index (χ0v) is 17.0. The number of carbonyl (C=O) groups excluding carboxylic acids is 3. The highest BCUT2D eigenvalue weighted by Crippen LogP contribution is 2.25. The molecule has 0 aliphatic carbocycles. The molecule has 1 aromatic rings. The predicted molar refractivity (Wildman–Crippen MR) is 107 cm³/mol. The maximum atomic E-state index is 12.8. The number of ether oxygens (including phenoxy) is 2. The molecule has 7 nitrogen and oxygen atoms in total. The zero-order chi connectivity index (χ0) is 20.6. The van der Waals surface area contributed by atoms with Gasteiger partial charge in [0, 0.05) is 19.5 Å². The summed E-state index contributed by atoms with van der Waals surface area (Å²) in [4.78, 5) is 40.0. The van der Waals surface area contributed by atoms with Gasteiger partial charge in [0.2, 0.25) is 5.91 Å². The average molecular weight is 402 g/mol. The van der Waals surface area contributed by atoms with Crippen molar-refractivity contribution in [3.63, 3.8) is 0 Å². The van der Waals surface area contributed by atoms with E-state index in [1.54, 1.807) is 4.90 Å². The molecule has 2 aliphatic heterocycles. The van der Waals surface area contributed by atoms with E-state index < -0.39 is 6.09 Å². The molecule has 2 aliphatic rings. The van der Waals surface area contributed by atoms with Crippen LogP contribution < -0.4 is 0 Å². The molecule has 3 rings (SSSR count). The van der Waals surface area contributed by atoms with Crippen molar-refractivity contribution in [2.24, 2.45) is 5.92 Å². The smallest absolute Gasteiger partial charge is 0.416 e. The van der Waals surface area contributed by atoms with Crippen LogP contribution in [0.15, 0.2) is 30.3 Å². The zero-order valence-electron chi connectivity index (χ0n) is 17.0. The first-order valence-electron chi connectivity index (χ1n) is 10.5. The Kier molecular flexibility index (Phi) is 7.49. The molecule has 3 amide bonds. The number of piperidine rings is 1. The lowest BCUT2D eigenvalue weighted by Gasteiger charge is -2.31. The average Bonchev–Trinajstić information content (AvgIpc) is 3.09. The van der Waals surface area contributed by atoms with Gasteiger partial charge in [0.05, 0.1) is 12.6 Å². The molecule has 0 unspecified atom stereocenters. The van der Waals surface area contributed by atoms with Gasteiger partial charge in [-0.3, -0.25) is 4.79 Å². The highest BCUT2D eigenvalue weighted by Gasteiger charge is 2.39. The summed E-state index contributed by atoms with van der Waals surface area (Å²) < 4.78 is 10.4. The summed E-state index contributed by atoms with van der Waals surface area (Å²) in [5.41, 5.74) is 1.07. The fourth-order valence-electron chi connectivity index (χ4n) is 3.86. The molecule has 0 bridgehead atoms. The van der Waals surface area contributed by atoms with Crippen molar-refractivity contribution in [3.8, 4) is 0 Å². The quantitative estimate of drug-likeness (QED) is 0.651. The van der Waals surface area contributed by atoms with E-state index in [2.05, 4.69) is 6.92 Å². The van der Waals surface area contributed by atoms with E-state index >= 15 is 0 Å². The van der Waals surface area contributed by atoms with Crippen LogP contribution in [-0.4, -0.2) is 60.2 Å². The van der Waals surface area contributed by atoms with E-state index in [4.69, 9.17) is 9.47 Å². The third kappa shape index (κ3) is 5.71. The molecule has 7 heteroatoms. The Bertz CT molecular complexity index is 700. The number of hydrogen-bond donors (Lipinski definition) is 0. The second-order valence-corrected chi connectivity index (χ2v) is 7.79. The summed E-state index contributed by atoms with van der Waals surface area (Å²) in [6.45, 7) is 3.91. The fraction of sp³-hybridized carbons (Fsp3) is 0.591. The lowest BCUT2D eigenvalue weighted by atomic mass is 9.93. The maximum absolute atomic E-state index is 12.8. The molecule has 29 heavy (non-hydrogen) atoms. The molecule has 0 spiro atoms. The van der Waals surface area contributed by atoms with Gasteiger partial charge in [0.15, 0.2) is 0 Å². The van der Waals surface area contributed by atoms with Crippen LogP contribution in [0.5, 0.6) is 0 Å². The van der Waals surface area contributed by atoms with Gasteiger partial charge < -0.3 is 14.4 Å². The monoisotopic (exact) mass is 402 g/mol. The Morgan fingerprint density at radius 2 is 1.90 bits per heavy atom. The van der Waals surface area contributed by atoms with Crippen LogP contribution in [-0.2, 0) is 20.7 Å². The highest BCUT2D eigenvalue weighted by atomic mass is 16.6. The Balaban J connectivity index is 1.48. The van der Waals surface area contributed by atoms with E-state index in [0.29, 0.717) is 32.5 Å². The van der Waals surface area contributed by atoms with Crippen molar-refractivity contribution in [1.82, 2.24) is 9.80 Å². The van der Waals surface area contributed by atoms with Gasteiger partial charge in [-0.25, -0.2) is 14.5 Å². The van der Waals surface area contributed by atoms with E-state index in [-0.39, 0.29) is 30.6 Å². The topological polar surface area (TPSA) is 76.2 Å². The number of likely N-dealkylation sites (tertiary alicyclic amines) is 1. The van der Waals surface area contributed by atoms with Gasteiger partial charge in [0.25, 0.3) is 0 Å². The van der Waals surface area contributed by atoms with Crippen molar-refractivity contribution < 1.29 is 23.9 Å². The summed E-state index contributed by atoms with van der Waals surface area (Å²) in [6.07, 6.45) is 3.41. The second-order valence-electron chi connectivity index (χ2n) is 7.79. The molecule has 2 saturated heterocycles. The Morgan fingerprint density at radius 3 is 2.59 bits per heavy atom. The molecule has 0 N–H and O–H groups in total. The molecule has 0 saturated carbocycles. The lowest BCUT2D eigenvalue weighted by Crippen LogP contribution is -2.43. The summed E-state index contributed by atoms with van der Waals surface area (Å²) in [6, 6.07) is 9.54. The lowest BCUT2D eigenvalue weighted by molar-refractivity contribution is -0.130. The molecule has 1 aromatic carbocycles. The number of hydrogen-bond acceptors (Lipinski definition) is 5. The van der Waals surface area contributed by atoms with Gasteiger partial charge in [-0.2, -0.15) is 0 Å². The number of rotatable bonds is 7. The molecule has 0 aromatic heterocycles. The normalized spacial score (nSPS) is 19.9. The third-order valence-electron chi connectivity index (χ3n) is 5.60. The second kappa shape index (κ2) is 10.3. The van der Waals surface area contributed by atoms with E-state index in [1.807, 2.05) is 30.3 Å². The number of carbonyl (C=O) groups is 3. The first kappa shape index (κ1) is 21.1. The number of unbranched alkanes of at least 4 members (excludes halogenated alkanes) is 1. The number of cyclic esters (lactones) is 1. The molecular weight excluding hydrogens is 372 g/mol. The van der Waals surface area contributed by atoms with Crippen molar-refractivity contribution in [2.45, 2.75) is 51.5 Å². The largest absolute Gasteiger partial charge is 0.449 e. The molecule has 1 atom stereocenters. The number of imide groups is 1. The number of benzene rings is 1. The van der Waals surface area contributed by atoms with Gasteiger partial charge in [-0.05, 0) is 37.2 Å². The minimum atomic E-state index is -0.548. The minimum absolute atomic E-state index is 0.160. The van der Waals surface area contributed by atoms with Crippen LogP contribution >= 0.6 is 0 Å². The van der Waals surface area contributed by atoms with E-state index in [1.165, 1.54) is 4.90 Å². The first-order chi connectivity index (χ1) is 14.1. The van der Waals surface area contributed by atoms with E-state index in [0.717, 1.165) is 31.2 Å². The van der Waals surface area contributed by atoms with Crippen LogP contribution in [0.3, 0.4) is 0 Å². The Morgan fingerprint density at radius 1 is 1.17 bits per heavy atom. The molecule has 0 radical (unpaired) electrons. The van der Waals surface area contributed by atoms with Gasteiger partial charge >= 0.3 is 12.2 Å². The highest BCUT2D eigenvalue weighted by molar-refractivity contribution is 5.93. The van der Waals surface area contributed by atoms with Crippen molar-refractivity contribution in [2.75, 3.05) is 26.3 Å². The van der Waals surface area contributed by atoms with Gasteiger partial charge in [-0.15, -0.1) is 0 Å².